The Hall–Kier alpha value is -3.79. The minimum absolute atomic E-state index is 0.111. The monoisotopic (exact) mass is 435 g/mol. The fraction of sp³-hybridized carbons (Fsp3) is 0.318. The number of fused-ring (bicyclic) bond motifs is 8. The molecule has 162 valence electrons. The Morgan fingerprint density at radius 2 is 1.59 bits per heavy atom. The maximum Gasteiger partial charge on any atom is 0.269 e. The molecule has 6 rings (SSSR count). The summed E-state index contributed by atoms with van der Waals surface area (Å²) in [4.78, 5) is 43.7. The normalized spacial score (nSPS) is 31.9. The lowest BCUT2D eigenvalue weighted by molar-refractivity contribution is -0.384. The zero-order valence-electron chi connectivity index (χ0n) is 16.8. The van der Waals surface area contributed by atoms with Crippen molar-refractivity contribution in [1.29, 1.82) is 0 Å². The van der Waals surface area contributed by atoms with Crippen molar-refractivity contribution in [2.75, 3.05) is 12.0 Å². The van der Waals surface area contributed by atoms with Crippen LogP contribution in [0.1, 0.15) is 5.56 Å². The predicted molar refractivity (Wildman–Crippen MR) is 109 cm³/mol. The number of anilines is 1. The van der Waals surface area contributed by atoms with Crippen LogP contribution in [0.4, 0.5) is 11.4 Å². The molecule has 3 fully saturated rings. The maximum absolute atomic E-state index is 13.3. The Morgan fingerprint density at radius 3 is 2.22 bits per heavy atom. The number of hydrogen-bond acceptors (Lipinski definition) is 8. The lowest BCUT2D eigenvalue weighted by Gasteiger charge is -2.26. The molecule has 2 bridgehead atoms. The van der Waals surface area contributed by atoms with Crippen LogP contribution >= 0.6 is 0 Å². The number of nitro groups is 1. The highest BCUT2D eigenvalue weighted by Crippen LogP contribution is 2.55. The molecule has 0 aromatic heterocycles. The van der Waals surface area contributed by atoms with Gasteiger partial charge in [-0.25, -0.2) is 4.90 Å². The van der Waals surface area contributed by atoms with Crippen LogP contribution < -0.4 is 9.64 Å². The number of methoxy groups -OCH3 is 1. The standard InChI is InChI=1S/C22H17N3O7/c1-30-13-8-2-10(3-9-13)17-16-18-14-15(19(31-18)20(16)32-23-17)22(27)24(21(14)26)11-4-6-12(7-5-11)25(28)29/h2-9,14-16,18-20H,1H3. The van der Waals surface area contributed by atoms with Crippen LogP contribution in [0.25, 0.3) is 0 Å². The SMILES string of the molecule is COc1ccc(C2=NOC3C4OC(C23)C2C(=O)N(c3ccc([N+](=O)[O-])cc3)C(=O)C42)cc1. The minimum atomic E-state index is -0.658. The molecule has 3 saturated heterocycles. The molecule has 6 atom stereocenters. The summed E-state index contributed by atoms with van der Waals surface area (Å²) in [7, 11) is 1.59. The molecule has 2 amide bonds. The third-order valence-corrected chi connectivity index (χ3v) is 6.74. The number of benzene rings is 2. The third-order valence-electron chi connectivity index (χ3n) is 6.74. The van der Waals surface area contributed by atoms with Gasteiger partial charge in [-0.1, -0.05) is 5.16 Å². The highest BCUT2D eigenvalue weighted by atomic mass is 16.7. The number of carbonyl (C=O) groups is 2. The number of hydrogen-bond donors (Lipinski definition) is 0. The first-order valence-electron chi connectivity index (χ1n) is 10.2. The third kappa shape index (κ3) is 2.41. The summed E-state index contributed by atoms with van der Waals surface area (Å²) in [6.07, 6.45) is -1.54. The first-order valence-corrected chi connectivity index (χ1v) is 10.2. The number of amides is 2. The average Bonchev–Trinajstić information content (AvgIpc) is 3.54. The molecule has 0 radical (unpaired) electrons. The summed E-state index contributed by atoms with van der Waals surface area (Å²) in [5, 5.41) is 15.2. The fourth-order valence-corrected chi connectivity index (χ4v) is 5.34. The van der Waals surface area contributed by atoms with Gasteiger partial charge in [0.05, 0.1) is 47.3 Å². The molecule has 4 aliphatic heterocycles. The second-order valence-electron chi connectivity index (χ2n) is 8.20. The van der Waals surface area contributed by atoms with Gasteiger partial charge in [0.25, 0.3) is 5.69 Å². The summed E-state index contributed by atoms with van der Waals surface area (Å²) < 4.78 is 11.3. The smallest absolute Gasteiger partial charge is 0.269 e. The number of ether oxygens (including phenoxy) is 2. The van der Waals surface area contributed by atoms with Gasteiger partial charge in [-0.15, -0.1) is 0 Å². The van der Waals surface area contributed by atoms with Crippen molar-refractivity contribution in [2.45, 2.75) is 18.3 Å². The fourth-order valence-electron chi connectivity index (χ4n) is 5.34. The Balaban J connectivity index is 1.30. The first kappa shape index (κ1) is 18.9. The van der Waals surface area contributed by atoms with E-state index < -0.39 is 35.1 Å². The van der Waals surface area contributed by atoms with Gasteiger partial charge >= 0.3 is 0 Å². The summed E-state index contributed by atoms with van der Waals surface area (Å²) in [5.74, 6) is -1.59. The van der Waals surface area contributed by atoms with E-state index in [1.807, 2.05) is 24.3 Å². The Labute approximate surface area is 181 Å². The molecule has 32 heavy (non-hydrogen) atoms. The van der Waals surface area contributed by atoms with Gasteiger partial charge in [0.2, 0.25) is 11.8 Å². The molecule has 0 spiro atoms. The number of non-ortho nitro benzene ring substituents is 1. The molecular formula is C22H17N3O7. The Bertz CT molecular complexity index is 1180. The van der Waals surface area contributed by atoms with E-state index in [0.29, 0.717) is 17.1 Å². The largest absolute Gasteiger partial charge is 0.497 e. The van der Waals surface area contributed by atoms with Crippen LogP contribution in [0.15, 0.2) is 53.7 Å². The molecule has 6 unspecified atom stereocenters. The van der Waals surface area contributed by atoms with Gasteiger partial charge in [-0.2, -0.15) is 0 Å². The van der Waals surface area contributed by atoms with Gasteiger partial charge < -0.3 is 14.3 Å². The van der Waals surface area contributed by atoms with Gasteiger partial charge in [0.15, 0.2) is 6.10 Å². The average molecular weight is 435 g/mol. The summed E-state index contributed by atoms with van der Waals surface area (Å²) in [6.45, 7) is 0. The number of nitro benzene ring substituents is 1. The van der Waals surface area contributed by atoms with Crippen LogP contribution in [0, 0.1) is 27.9 Å². The molecule has 4 aliphatic rings. The van der Waals surface area contributed by atoms with Crippen molar-refractivity contribution in [3.05, 3.63) is 64.2 Å². The van der Waals surface area contributed by atoms with E-state index in [4.69, 9.17) is 14.3 Å². The zero-order valence-corrected chi connectivity index (χ0v) is 16.8. The molecule has 0 aliphatic carbocycles. The van der Waals surface area contributed by atoms with Gasteiger partial charge in [-0.05, 0) is 36.4 Å². The molecule has 4 heterocycles. The van der Waals surface area contributed by atoms with Crippen LogP contribution in [0.2, 0.25) is 0 Å². The van der Waals surface area contributed by atoms with Gasteiger partial charge in [0.1, 0.15) is 11.9 Å². The van der Waals surface area contributed by atoms with E-state index in [1.54, 1.807) is 7.11 Å². The van der Waals surface area contributed by atoms with Gasteiger partial charge in [-0.3, -0.25) is 19.7 Å². The van der Waals surface area contributed by atoms with Crippen molar-refractivity contribution in [1.82, 2.24) is 0 Å². The van der Waals surface area contributed by atoms with Crippen LogP contribution in [0.5, 0.6) is 5.75 Å². The van der Waals surface area contributed by atoms with Crippen molar-refractivity contribution in [2.24, 2.45) is 22.9 Å². The van der Waals surface area contributed by atoms with Crippen molar-refractivity contribution >= 4 is 28.9 Å². The minimum Gasteiger partial charge on any atom is -0.497 e. The Morgan fingerprint density at radius 1 is 0.938 bits per heavy atom. The van der Waals surface area contributed by atoms with Gasteiger partial charge in [0, 0.05) is 17.7 Å². The van der Waals surface area contributed by atoms with E-state index in [2.05, 4.69) is 5.16 Å². The topological polar surface area (TPSA) is 121 Å². The van der Waals surface area contributed by atoms with Crippen LogP contribution in [0.3, 0.4) is 0 Å². The highest BCUT2D eigenvalue weighted by molar-refractivity contribution is 6.23. The molecule has 10 heteroatoms. The first-order chi connectivity index (χ1) is 15.5. The maximum atomic E-state index is 13.3. The van der Waals surface area contributed by atoms with Crippen molar-refractivity contribution < 1.29 is 28.8 Å². The molecule has 2 aromatic carbocycles. The number of imide groups is 1. The van der Waals surface area contributed by atoms with Crippen molar-refractivity contribution in [3.63, 3.8) is 0 Å². The van der Waals surface area contributed by atoms with Crippen LogP contribution in [-0.2, 0) is 19.2 Å². The molecular weight excluding hydrogens is 418 g/mol. The van der Waals surface area contributed by atoms with Crippen molar-refractivity contribution in [3.8, 4) is 5.75 Å². The lowest BCUT2D eigenvalue weighted by Crippen LogP contribution is -2.45. The summed E-state index contributed by atoms with van der Waals surface area (Å²) >= 11 is 0. The van der Waals surface area contributed by atoms with E-state index >= 15 is 0 Å². The number of carbonyl (C=O) groups excluding carboxylic acids is 2. The lowest BCUT2D eigenvalue weighted by atomic mass is 9.71. The van der Waals surface area contributed by atoms with E-state index in [1.165, 1.54) is 24.3 Å². The molecule has 0 saturated carbocycles. The number of nitrogens with zero attached hydrogens (tertiary/aromatic N) is 3. The molecule has 10 nitrogen and oxygen atoms in total. The van der Waals surface area contributed by atoms with E-state index in [0.717, 1.165) is 10.5 Å². The Kier molecular flexibility index (Phi) is 3.91. The van der Waals surface area contributed by atoms with E-state index in [9.17, 15) is 19.7 Å². The highest BCUT2D eigenvalue weighted by Gasteiger charge is 2.72. The van der Waals surface area contributed by atoms with Crippen LogP contribution in [-0.4, -0.2) is 47.9 Å². The second-order valence-corrected chi connectivity index (χ2v) is 8.20. The zero-order chi connectivity index (χ0) is 22.1. The summed E-state index contributed by atoms with van der Waals surface area (Å²) in [6, 6.07) is 12.8. The quantitative estimate of drug-likeness (QED) is 0.409. The molecule has 2 aromatic rings. The second kappa shape index (κ2) is 6.60. The van der Waals surface area contributed by atoms with E-state index in [-0.39, 0.29) is 23.4 Å². The number of oxime groups is 1. The number of rotatable bonds is 4. The molecule has 0 N–H and O–H groups in total. The summed E-state index contributed by atoms with van der Waals surface area (Å²) in [5.41, 5.74) is 1.74. The predicted octanol–water partition coefficient (Wildman–Crippen LogP) is 1.91.